The van der Waals surface area contributed by atoms with Crippen molar-refractivity contribution in [3.8, 4) is 0 Å². The predicted octanol–water partition coefficient (Wildman–Crippen LogP) is 3.84. The number of nitrogens with one attached hydrogen (secondary N) is 1. The summed E-state index contributed by atoms with van der Waals surface area (Å²) >= 11 is 0. The maximum atomic E-state index is 3.52. The van der Waals surface area contributed by atoms with Crippen LogP contribution in [0.2, 0.25) is 0 Å². The summed E-state index contributed by atoms with van der Waals surface area (Å²) in [6.07, 6.45) is 6.68. The van der Waals surface area contributed by atoms with Crippen molar-refractivity contribution in [3.05, 3.63) is 0 Å². The van der Waals surface area contributed by atoms with E-state index < -0.39 is 0 Å². The van der Waals surface area contributed by atoms with Crippen LogP contribution in [0.25, 0.3) is 0 Å². The lowest BCUT2D eigenvalue weighted by Crippen LogP contribution is -2.39. The van der Waals surface area contributed by atoms with Crippen molar-refractivity contribution in [1.82, 2.24) is 5.32 Å². The molecule has 2 unspecified atom stereocenters. The van der Waals surface area contributed by atoms with Crippen LogP contribution in [0.1, 0.15) is 59.8 Å². The molecule has 0 aliphatic carbocycles. The van der Waals surface area contributed by atoms with Crippen LogP contribution in [-0.2, 0) is 0 Å². The highest BCUT2D eigenvalue weighted by Crippen LogP contribution is 2.24. The molecule has 0 aromatic carbocycles. The fraction of sp³-hybridized carbons (Fsp3) is 1.00. The monoisotopic (exact) mass is 199 g/mol. The molecule has 0 bridgehead atoms. The molecule has 0 rings (SSSR count). The lowest BCUT2D eigenvalue weighted by Gasteiger charge is -2.31. The van der Waals surface area contributed by atoms with Crippen LogP contribution >= 0.6 is 0 Å². The van der Waals surface area contributed by atoms with Gasteiger partial charge in [0.1, 0.15) is 0 Å². The standard InChI is InChI=1S/C13H29N/c1-6-9-12(10-7-2)13(14-5)11(4)8-3/h11-14H,6-10H2,1-5H3. The molecule has 0 saturated carbocycles. The summed E-state index contributed by atoms with van der Waals surface area (Å²) in [5.41, 5.74) is 0. The van der Waals surface area contributed by atoms with Gasteiger partial charge in [-0.3, -0.25) is 0 Å². The van der Waals surface area contributed by atoms with E-state index in [1.165, 1.54) is 32.1 Å². The summed E-state index contributed by atoms with van der Waals surface area (Å²) in [6.45, 7) is 9.27. The van der Waals surface area contributed by atoms with E-state index >= 15 is 0 Å². The van der Waals surface area contributed by atoms with Crippen LogP contribution in [0.4, 0.5) is 0 Å². The molecule has 2 atom stereocenters. The lowest BCUT2D eigenvalue weighted by molar-refractivity contribution is 0.249. The highest BCUT2D eigenvalue weighted by Gasteiger charge is 2.22. The molecule has 1 heteroatoms. The van der Waals surface area contributed by atoms with Crippen molar-refractivity contribution in [2.24, 2.45) is 11.8 Å². The Labute approximate surface area is 90.7 Å². The van der Waals surface area contributed by atoms with Crippen LogP contribution < -0.4 is 5.32 Å². The van der Waals surface area contributed by atoms with Crippen molar-refractivity contribution >= 4 is 0 Å². The van der Waals surface area contributed by atoms with E-state index in [1.807, 2.05) is 0 Å². The minimum atomic E-state index is 0.722. The van der Waals surface area contributed by atoms with Gasteiger partial charge in [0.15, 0.2) is 0 Å². The Morgan fingerprint density at radius 3 is 1.79 bits per heavy atom. The maximum absolute atomic E-state index is 3.52. The fourth-order valence-electron chi connectivity index (χ4n) is 2.48. The first-order valence-corrected chi connectivity index (χ1v) is 6.38. The molecule has 1 nitrogen and oxygen atoms in total. The molecule has 0 saturated heterocycles. The van der Waals surface area contributed by atoms with Crippen LogP contribution in [0.5, 0.6) is 0 Å². The third-order valence-electron chi connectivity index (χ3n) is 3.42. The summed E-state index contributed by atoms with van der Waals surface area (Å²) in [5, 5.41) is 3.52. The van der Waals surface area contributed by atoms with E-state index in [-0.39, 0.29) is 0 Å². The van der Waals surface area contributed by atoms with Crippen molar-refractivity contribution in [3.63, 3.8) is 0 Å². The first-order valence-electron chi connectivity index (χ1n) is 6.38. The van der Waals surface area contributed by atoms with E-state index in [2.05, 4.69) is 40.1 Å². The van der Waals surface area contributed by atoms with Gasteiger partial charge in [-0.15, -0.1) is 0 Å². The van der Waals surface area contributed by atoms with E-state index in [9.17, 15) is 0 Å². The van der Waals surface area contributed by atoms with Gasteiger partial charge in [0.25, 0.3) is 0 Å². The maximum Gasteiger partial charge on any atom is 0.0118 e. The van der Waals surface area contributed by atoms with Crippen molar-refractivity contribution in [2.45, 2.75) is 65.8 Å². The largest absolute Gasteiger partial charge is 0.316 e. The molecule has 0 amide bonds. The van der Waals surface area contributed by atoms with E-state index in [4.69, 9.17) is 0 Å². The minimum absolute atomic E-state index is 0.722. The summed E-state index contributed by atoms with van der Waals surface area (Å²) in [6, 6.07) is 0.722. The average molecular weight is 199 g/mol. The second-order valence-electron chi connectivity index (χ2n) is 4.54. The number of hydrogen-bond donors (Lipinski definition) is 1. The van der Waals surface area contributed by atoms with Crippen molar-refractivity contribution < 1.29 is 0 Å². The summed E-state index contributed by atoms with van der Waals surface area (Å²) in [7, 11) is 2.12. The quantitative estimate of drug-likeness (QED) is 0.626. The Kier molecular flexibility index (Phi) is 8.26. The number of hydrogen-bond acceptors (Lipinski definition) is 1. The summed E-state index contributed by atoms with van der Waals surface area (Å²) in [5.74, 6) is 1.69. The SMILES string of the molecule is CCCC(CCC)C(NC)C(C)CC. The highest BCUT2D eigenvalue weighted by atomic mass is 14.9. The molecule has 0 aliphatic rings. The Balaban J connectivity index is 4.24. The van der Waals surface area contributed by atoms with Crippen molar-refractivity contribution in [2.75, 3.05) is 7.05 Å². The molecule has 0 heterocycles. The average Bonchev–Trinajstić information content (AvgIpc) is 2.19. The molecule has 0 spiro atoms. The number of rotatable bonds is 8. The molecule has 0 aromatic heterocycles. The molecule has 0 fully saturated rings. The van der Waals surface area contributed by atoms with Crippen LogP contribution in [0.15, 0.2) is 0 Å². The van der Waals surface area contributed by atoms with E-state index in [0.29, 0.717) is 0 Å². The minimum Gasteiger partial charge on any atom is -0.316 e. The summed E-state index contributed by atoms with van der Waals surface area (Å²) < 4.78 is 0. The van der Waals surface area contributed by atoms with Crippen LogP contribution in [0.3, 0.4) is 0 Å². The van der Waals surface area contributed by atoms with Gasteiger partial charge in [0.2, 0.25) is 0 Å². The molecular formula is C13H29N. The zero-order valence-corrected chi connectivity index (χ0v) is 10.8. The molecule has 14 heavy (non-hydrogen) atoms. The molecule has 86 valence electrons. The fourth-order valence-corrected chi connectivity index (χ4v) is 2.48. The molecule has 1 N–H and O–H groups in total. The van der Waals surface area contributed by atoms with E-state index in [1.54, 1.807) is 0 Å². The Hall–Kier alpha value is -0.0400. The van der Waals surface area contributed by atoms with Gasteiger partial charge >= 0.3 is 0 Å². The molecule has 0 radical (unpaired) electrons. The van der Waals surface area contributed by atoms with Gasteiger partial charge in [-0.1, -0.05) is 47.0 Å². The third kappa shape index (κ3) is 4.45. The smallest absolute Gasteiger partial charge is 0.0118 e. The lowest BCUT2D eigenvalue weighted by atomic mass is 9.82. The van der Waals surface area contributed by atoms with Gasteiger partial charge in [-0.2, -0.15) is 0 Å². The molecule has 0 aliphatic heterocycles. The van der Waals surface area contributed by atoms with Gasteiger partial charge in [0, 0.05) is 6.04 Å². The molecular weight excluding hydrogens is 170 g/mol. The van der Waals surface area contributed by atoms with E-state index in [0.717, 1.165) is 17.9 Å². The van der Waals surface area contributed by atoms with Gasteiger partial charge in [-0.25, -0.2) is 0 Å². The van der Waals surface area contributed by atoms with Gasteiger partial charge in [-0.05, 0) is 31.7 Å². The topological polar surface area (TPSA) is 12.0 Å². The first-order chi connectivity index (χ1) is 6.71. The zero-order valence-electron chi connectivity index (χ0n) is 10.8. The zero-order chi connectivity index (χ0) is 11.0. The van der Waals surface area contributed by atoms with Crippen molar-refractivity contribution in [1.29, 1.82) is 0 Å². The molecule has 0 aromatic rings. The predicted molar refractivity (Wildman–Crippen MR) is 65.6 cm³/mol. The third-order valence-corrected chi connectivity index (χ3v) is 3.42. The second kappa shape index (κ2) is 8.28. The highest BCUT2D eigenvalue weighted by molar-refractivity contribution is 4.79. The van der Waals surface area contributed by atoms with Crippen LogP contribution in [0, 0.1) is 11.8 Å². The van der Waals surface area contributed by atoms with Gasteiger partial charge in [0.05, 0.1) is 0 Å². The summed E-state index contributed by atoms with van der Waals surface area (Å²) in [4.78, 5) is 0. The first kappa shape index (κ1) is 14.0. The Bertz CT molecular complexity index is 116. The second-order valence-corrected chi connectivity index (χ2v) is 4.54. The van der Waals surface area contributed by atoms with Gasteiger partial charge < -0.3 is 5.32 Å². The normalized spacial score (nSPS) is 15.9. The Morgan fingerprint density at radius 2 is 1.50 bits per heavy atom. The Morgan fingerprint density at radius 1 is 1.00 bits per heavy atom. The van der Waals surface area contributed by atoms with Crippen LogP contribution in [-0.4, -0.2) is 13.1 Å².